The molecule has 0 bridgehead atoms. The summed E-state index contributed by atoms with van der Waals surface area (Å²) in [4.78, 5) is 22.6. The fraction of sp³-hybridized carbons (Fsp3) is 0.429. The Morgan fingerprint density at radius 1 is 1.26 bits per heavy atom. The average molecular weight is 265 g/mol. The smallest absolute Gasteiger partial charge is 0.407 e. The van der Waals surface area contributed by atoms with Crippen LogP contribution < -0.4 is 5.32 Å². The molecule has 0 heterocycles. The van der Waals surface area contributed by atoms with E-state index < -0.39 is 18.0 Å². The highest BCUT2D eigenvalue weighted by molar-refractivity contribution is 5.77. The number of carbonyl (C=O) groups is 2. The maximum atomic E-state index is 11.4. The van der Waals surface area contributed by atoms with Crippen LogP contribution in [-0.2, 0) is 9.53 Å². The van der Waals surface area contributed by atoms with E-state index in [4.69, 9.17) is 9.84 Å². The van der Waals surface area contributed by atoms with Crippen molar-refractivity contribution in [1.29, 1.82) is 0 Å². The van der Waals surface area contributed by atoms with E-state index in [9.17, 15) is 9.59 Å². The molecule has 0 radical (unpaired) electrons. The molecular formula is C14H19NO4. The third-order valence-corrected chi connectivity index (χ3v) is 2.50. The summed E-state index contributed by atoms with van der Waals surface area (Å²) >= 11 is 0. The maximum Gasteiger partial charge on any atom is 0.407 e. The lowest BCUT2D eigenvalue weighted by atomic mass is 9.99. The molecule has 1 aromatic carbocycles. The number of benzene rings is 1. The molecular weight excluding hydrogens is 246 g/mol. The number of alkyl carbamates (subject to hydrolysis) is 1. The second-order valence-corrected chi connectivity index (χ2v) is 4.67. The van der Waals surface area contributed by atoms with Gasteiger partial charge in [-0.3, -0.25) is 4.79 Å². The van der Waals surface area contributed by atoms with Crippen LogP contribution in [0.15, 0.2) is 30.3 Å². The molecule has 0 aromatic heterocycles. The number of amides is 1. The van der Waals surface area contributed by atoms with Crippen LogP contribution in [0.5, 0.6) is 0 Å². The SMILES string of the molecule is CC(C)COC(=O)NCC(C(=O)O)c1ccccc1. The first kappa shape index (κ1) is 15.0. The van der Waals surface area contributed by atoms with Gasteiger partial charge in [0.2, 0.25) is 0 Å². The van der Waals surface area contributed by atoms with E-state index in [1.165, 1.54) is 0 Å². The minimum atomic E-state index is -0.977. The zero-order valence-electron chi connectivity index (χ0n) is 11.1. The second-order valence-electron chi connectivity index (χ2n) is 4.67. The van der Waals surface area contributed by atoms with Crippen LogP contribution >= 0.6 is 0 Å². The monoisotopic (exact) mass is 265 g/mol. The fourth-order valence-corrected chi connectivity index (χ4v) is 1.51. The number of aliphatic carboxylic acids is 1. The van der Waals surface area contributed by atoms with Crippen LogP contribution in [0.25, 0.3) is 0 Å². The van der Waals surface area contributed by atoms with Crippen LogP contribution in [0.3, 0.4) is 0 Å². The summed E-state index contributed by atoms with van der Waals surface area (Å²) in [6, 6.07) is 8.79. The van der Waals surface area contributed by atoms with Crippen molar-refractivity contribution in [2.24, 2.45) is 5.92 Å². The van der Waals surface area contributed by atoms with Crippen LogP contribution in [-0.4, -0.2) is 30.3 Å². The van der Waals surface area contributed by atoms with Gasteiger partial charge in [-0.25, -0.2) is 4.79 Å². The van der Waals surface area contributed by atoms with Gasteiger partial charge in [0.05, 0.1) is 12.5 Å². The van der Waals surface area contributed by atoms with Crippen molar-refractivity contribution in [2.45, 2.75) is 19.8 Å². The molecule has 5 heteroatoms. The van der Waals surface area contributed by atoms with E-state index in [1.807, 2.05) is 19.9 Å². The van der Waals surface area contributed by atoms with Crippen LogP contribution in [0.2, 0.25) is 0 Å². The Morgan fingerprint density at radius 3 is 2.42 bits per heavy atom. The maximum absolute atomic E-state index is 11.4. The number of carboxylic acid groups (broad SMARTS) is 1. The summed E-state index contributed by atoms with van der Waals surface area (Å²) < 4.78 is 4.93. The summed E-state index contributed by atoms with van der Waals surface area (Å²) in [5, 5.41) is 11.6. The standard InChI is InChI=1S/C14H19NO4/c1-10(2)9-19-14(18)15-8-12(13(16)17)11-6-4-3-5-7-11/h3-7,10,12H,8-9H2,1-2H3,(H,15,18)(H,16,17). The topological polar surface area (TPSA) is 75.6 Å². The highest BCUT2D eigenvalue weighted by Crippen LogP contribution is 2.14. The Balaban J connectivity index is 2.52. The normalized spacial score (nSPS) is 11.9. The van der Waals surface area contributed by atoms with E-state index in [2.05, 4.69) is 5.32 Å². The lowest BCUT2D eigenvalue weighted by Gasteiger charge is -2.14. The minimum absolute atomic E-state index is 0.0102. The van der Waals surface area contributed by atoms with Gasteiger partial charge in [0, 0.05) is 6.54 Å². The Hall–Kier alpha value is -2.04. The van der Waals surface area contributed by atoms with Crippen LogP contribution in [0.1, 0.15) is 25.3 Å². The van der Waals surface area contributed by atoms with Gasteiger partial charge in [-0.2, -0.15) is 0 Å². The number of carbonyl (C=O) groups excluding carboxylic acids is 1. The molecule has 19 heavy (non-hydrogen) atoms. The molecule has 1 aromatic rings. The van der Waals surface area contributed by atoms with Crippen LogP contribution in [0, 0.1) is 5.92 Å². The van der Waals surface area contributed by atoms with Crippen molar-refractivity contribution in [3.05, 3.63) is 35.9 Å². The Labute approximate surface area is 112 Å². The van der Waals surface area contributed by atoms with Gasteiger partial charge in [-0.1, -0.05) is 44.2 Å². The third-order valence-electron chi connectivity index (χ3n) is 2.50. The molecule has 1 amide bonds. The molecule has 5 nitrogen and oxygen atoms in total. The summed E-state index contributed by atoms with van der Waals surface area (Å²) in [5.74, 6) is -1.50. The number of carboxylic acids is 1. The summed E-state index contributed by atoms with van der Waals surface area (Å²) in [6.45, 7) is 4.18. The van der Waals surface area contributed by atoms with Gasteiger partial charge in [0.15, 0.2) is 0 Å². The quantitative estimate of drug-likeness (QED) is 0.827. The van der Waals surface area contributed by atoms with Crippen LogP contribution in [0.4, 0.5) is 4.79 Å². The molecule has 1 atom stereocenters. The number of ether oxygens (including phenoxy) is 1. The van der Waals surface area contributed by atoms with Gasteiger partial charge in [0.1, 0.15) is 0 Å². The minimum Gasteiger partial charge on any atom is -0.481 e. The average Bonchev–Trinajstić information content (AvgIpc) is 2.37. The molecule has 0 saturated heterocycles. The first-order valence-electron chi connectivity index (χ1n) is 6.19. The molecule has 0 spiro atoms. The number of rotatable bonds is 6. The highest BCUT2D eigenvalue weighted by atomic mass is 16.5. The van der Waals surface area contributed by atoms with Crippen molar-refractivity contribution in [2.75, 3.05) is 13.2 Å². The third kappa shape index (κ3) is 5.42. The van der Waals surface area contributed by atoms with E-state index in [0.717, 1.165) is 0 Å². The van der Waals surface area contributed by atoms with E-state index in [-0.39, 0.29) is 12.5 Å². The van der Waals surface area contributed by atoms with Crippen molar-refractivity contribution in [3.8, 4) is 0 Å². The van der Waals surface area contributed by atoms with Gasteiger partial charge in [0.25, 0.3) is 0 Å². The molecule has 1 unspecified atom stereocenters. The van der Waals surface area contributed by atoms with Crippen molar-refractivity contribution in [1.82, 2.24) is 5.32 Å². The zero-order chi connectivity index (χ0) is 14.3. The van der Waals surface area contributed by atoms with Crippen molar-refractivity contribution in [3.63, 3.8) is 0 Å². The Morgan fingerprint density at radius 2 is 1.89 bits per heavy atom. The number of nitrogens with one attached hydrogen (secondary N) is 1. The largest absolute Gasteiger partial charge is 0.481 e. The first-order chi connectivity index (χ1) is 9.00. The van der Waals surface area contributed by atoms with Gasteiger partial charge >= 0.3 is 12.1 Å². The molecule has 104 valence electrons. The fourth-order valence-electron chi connectivity index (χ4n) is 1.51. The Bertz CT molecular complexity index is 417. The molecule has 0 aliphatic rings. The van der Waals surface area contributed by atoms with Gasteiger partial charge < -0.3 is 15.2 Å². The lowest BCUT2D eigenvalue weighted by molar-refractivity contribution is -0.138. The second kappa shape index (κ2) is 7.41. The Kier molecular flexibility index (Phi) is 5.85. The first-order valence-corrected chi connectivity index (χ1v) is 6.19. The molecule has 2 N–H and O–H groups in total. The van der Waals surface area contributed by atoms with E-state index in [0.29, 0.717) is 12.2 Å². The highest BCUT2D eigenvalue weighted by Gasteiger charge is 2.20. The number of hydrogen-bond acceptors (Lipinski definition) is 3. The molecule has 0 saturated carbocycles. The molecule has 1 rings (SSSR count). The van der Waals surface area contributed by atoms with Gasteiger partial charge in [-0.15, -0.1) is 0 Å². The predicted molar refractivity (Wildman–Crippen MR) is 71.0 cm³/mol. The summed E-state index contributed by atoms with van der Waals surface area (Å²) in [7, 11) is 0. The molecule has 0 fully saturated rings. The van der Waals surface area contributed by atoms with Crippen molar-refractivity contribution < 1.29 is 19.4 Å². The van der Waals surface area contributed by atoms with E-state index >= 15 is 0 Å². The van der Waals surface area contributed by atoms with Crippen molar-refractivity contribution >= 4 is 12.1 Å². The molecule has 0 aliphatic heterocycles. The van der Waals surface area contributed by atoms with Gasteiger partial charge in [-0.05, 0) is 11.5 Å². The molecule has 0 aliphatic carbocycles. The predicted octanol–water partition coefficient (Wildman–Crippen LogP) is 2.24. The zero-order valence-corrected chi connectivity index (χ0v) is 11.1. The number of hydrogen-bond donors (Lipinski definition) is 2. The van der Waals surface area contributed by atoms with E-state index in [1.54, 1.807) is 24.3 Å². The summed E-state index contributed by atoms with van der Waals surface area (Å²) in [5.41, 5.74) is 0.652. The lowest BCUT2D eigenvalue weighted by Crippen LogP contribution is -2.32. The summed E-state index contributed by atoms with van der Waals surface area (Å²) in [6.07, 6.45) is -0.587.